The number of carbonyl (C=O) groups excluding carboxylic acids is 1. The van der Waals surface area contributed by atoms with Gasteiger partial charge in [-0.3, -0.25) is 4.79 Å². The van der Waals surface area contributed by atoms with Gasteiger partial charge >= 0.3 is 0 Å². The Bertz CT molecular complexity index is 1150. The zero-order valence-electron chi connectivity index (χ0n) is 17.6. The Morgan fingerprint density at radius 1 is 1.25 bits per heavy atom. The molecule has 166 valence electrons. The number of rotatable bonds is 4. The van der Waals surface area contributed by atoms with E-state index in [0.29, 0.717) is 48.5 Å². The Morgan fingerprint density at radius 2 is 2.12 bits per heavy atom. The number of halogens is 1. The van der Waals surface area contributed by atoms with Crippen LogP contribution in [-0.4, -0.2) is 47.1 Å². The Morgan fingerprint density at radius 3 is 2.97 bits per heavy atom. The van der Waals surface area contributed by atoms with Crippen molar-refractivity contribution in [2.24, 2.45) is 0 Å². The first kappa shape index (κ1) is 20.7. The van der Waals surface area contributed by atoms with E-state index in [0.717, 1.165) is 30.0 Å². The molecule has 4 heterocycles. The normalized spacial score (nSPS) is 17.8. The number of benzene rings is 1. The van der Waals surface area contributed by atoms with Gasteiger partial charge in [-0.25, -0.2) is 14.4 Å². The summed E-state index contributed by atoms with van der Waals surface area (Å²) in [6.07, 6.45) is 1.80. The monoisotopic (exact) mass is 454 g/mol. The lowest BCUT2D eigenvalue weighted by Crippen LogP contribution is -2.38. The van der Waals surface area contributed by atoms with Crippen LogP contribution in [0, 0.1) is 5.82 Å². The fourth-order valence-corrected chi connectivity index (χ4v) is 4.95. The number of hydrogen-bond acceptors (Lipinski definition) is 7. The molecule has 3 aromatic rings. The number of hydrogen-bond donors (Lipinski definition) is 1. The predicted molar refractivity (Wildman–Crippen MR) is 120 cm³/mol. The molecule has 1 unspecified atom stereocenters. The summed E-state index contributed by atoms with van der Waals surface area (Å²) in [5.41, 5.74) is 1.31. The van der Waals surface area contributed by atoms with E-state index in [1.54, 1.807) is 19.1 Å². The van der Waals surface area contributed by atoms with Gasteiger partial charge in [0.25, 0.3) is 0 Å². The average Bonchev–Trinajstić information content (AvgIpc) is 3.23. The molecule has 2 aromatic heterocycles. The number of nitrogens with zero attached hydrogens (tertiary/aromatic N) is 3. The molecule has 1 atom stereocenters. The average molecular weight is 455 g/mol. The number of carbonyl (C=O) groups is 1. The highest BCUT2D eigenvalue weighted by Crippen LogP contribution is 2.45. The highest BCUT2D eigenvalue weighted by molar-refractivity contribution is 7.14. The molecule has 1 saturated heterocycles. The first-order valence-corrected chi connectivity index (χ1v) is 11.5. The summed E-state index contributed by atoms with van der Waals surface area (Å²) < 4.78 is 25.3. The van der Waals surface area contributed by atoms with Crippen LogP contribution in [0.1, 0.15) is 31.5 Å². The van der Waals surface area contributed by atoms with Gasteiger partial charge in [0.15, 0.2) is 11.5 Å². The molecule has 0 saturated carbocycles. The molecule has 1 N–H and O–H groups in total. The molecule has 0 spiro atoms. The number of fused-ring (bicyclic) bond motifs is 1. The Balaban J connectivity index is 1.54. The fraction of sp³-hybridized carbons (Fsp3) is 0.348. The van der Waals surface area contributed by atoms with Crippen LogP contribution < -0.4 is 14.8 Å². The first-order chi connectivity index (χ1) is 15.6. The van der Waals surface area contributed by atoms with Crippen molar-refractivity contribution in [3.8, 4) is 22.1 Å². The number of thiophene rings is 1. The van der Waals surface area contributed by atoms with Crippen LogP contribution in [0.15, 0.2) is 35.7 Å². The lowest BCUT2D eigenvalue weighted by molar-refractivity contribution is -0.130. The van der Waals surface area contributed by atoms with Gasteiger partial charge in [-0.05, 0) is 31.0 Å². The molecular weight excluding hydrogens is 431 g/mol. The van der Waals surface area contributed by atoms with Crippen LogP contribution in [-0.2, 0) is 4.79 Å². The molecule has 5 rings (SSSR count). The number of amides is 1. The van der Waals surface area contributed by atoms with Crippen molar-refractivity contribution >= 4 is 28.7 Å². The van der Waals surface area contributed by atoms with Gasteiger partial charge < -0.3 is 19.7 Å². The summed E-state index contributed by atoms with van der Waals surface area (Å²) in [5.74, 6) is 2.39. The number of nitrogens with one attached hydrogen (secondary N) is 1. The van der Waals surface area contributed by atoms with Crippen molar-refractivity contribution in [3.63, 3.8) is 0 Å². The number of anilines is 2. The zero-order chi connectivity index (χ0) is 22.1. The van der Waals surface area contributed by atoms with Crippen molar-refractivity contribution < 1.29 is 18.7 Å². The van der Waals surface area contributed by atoms with Crippen LogP contribution >= 0.6 is 11.3 Å². The summed E-state index contributed by atoms with van der Waals surface area (Å²) >= 11 is 1.50. The SMILES string of the molecule is CC(=O)N1CCCC(c2nc(Nc3cccc(F)c3)cc(-c3scc4c3OCCO4)n2)C1. The van der Waals surface area contributed by atoms with Crippen LogP contribution in [0.25, 0.3) is 10.6 Å². The second-order valence-corrected chi connectivity index (χ2v) is 8.77. The quantitative estimate of drug-likeness (QED) is 0.622. The first-order valence-electron chi connectivity index (χ1n) is 10.6. The molecule has 2 aliphatic rings. The maximum Gasteiger partial charge on any atom is 0.219 e. The van der Waals surface area contributed by atoms with Gasteiger partial charge in [0.1, 0.15) is 30.7 Å². The van der Waals surface area contributed by atoms with E-state index in [2.05, 4.69) is 5.32 Å². The molecular formula is C23H23FN4O3S. The second kappa shape index (κ2) is 8.74. The fourth-order valence-electron chi connectivity index (χ4n) is 4.06. The summed E-state index contributed by atoms with van der Waals surface area (Å²) in [7, 11) is 0. The van der Waals surface area contributed by atoms with E-state index in [9.17, 15) is 9.18 Å². The summed E-state index contributed by atoms with van der Waals surface area (Å²) in [4.78, 5) is 24.3. The molecule has 9 heteroatoms. The summed E-state index contributed by atoms with van der Waals surface area (Å²) in [6.45, 7) is 3.93. The molecule has 2 aliphatic heterocycles. The Labute approximate surface area is 189 Å². The van der Waals surface area contributed by atoms with Crippen molar-refractivity contribution in [2.45, 2.75) is 25.7 Å². The van der Waals surface area contributed by atoms with Crippen molar-refractivity contribution in [1.82, 2.24) is 14.9 Å². The molecule has 1 aromatic carbocycles. The number of likely N-dealkylation sites (tertiary alicyclic amines) is 1. The highest BCUT2D eigenvalue weighted by atomic mass is 32.1. The van der Waals surface area contributed by atoms with Gasteiger partial charge in [-0.2, -0.15) is 0 Å². The third kappa shape index (κ3) is 4.25. The zero-order valence-corrected chi connectivity index (χ0v) is 18.5. The maximum atomic E-state index is 13.7. The van der Waals surface area contributed by atoms with Crippen molar-refractivity contribution in [3.05, 3.63) is 47.4 Å². The number of ether oxygens (including phenoxy) is 2. The van der Waals surface area contributed by atoms with Gasteiger partial charge in [0, 0.05) is 43.1 Å². The summed E-state index contributed by atoms with van der Waals surface area (Å²) in [6, 6.07) is 8.09. The lowest BCUT2D eigenvalue weighted by atomic mass is 9.97. The Kier molecular flexibility index (Phi) is 5.65. The molecule has 7 nitrogen and oxygen atoms in total. The topological polar surface area (TPSA) is 76.6 Å². The van der Waals surface area contributed by atoms with Crippen LogP contribution in [0.5, 0.6) is 11.5 Å². The van der Waals surface area contributed by atoms with Crippen LogP contribution in [0.3, 0.4) is 0 Å². The number of aromatic nitrogens is 2. The van der Waals surface area contributed by atoms with E-state index < -0.39 is 0 Å². The van der Waals surface area contributed by atoms with Gasteiger partial charge in [-0.1, -0.05) is 6.07 Å². The highest BCUT2D eigenvalue weighted by Gasteiger charge is 2.27. The Hall–Kier alpha value is -3.20. The third-order valence-electron chi connectivity index (χ3n) is 5.61. The van der Waals surface area contributed by atoms with E-state index in [-0.39, 0.29) is 17.6 Å². The summed E-state index contributed by atoms with van der Waals surface area (Å²) in [5, 5.41) is 5.12. The van der Waals surface area contributed by atoms with Gasteiger partial charge in [0.2, 0.25) is 5.91 Å². The van der Waals surface area contributed by atoms with Crippen LogP contribution in [0.4, 0.5) is 15.9 Å². The molecule has 0 radical (unpaired) electrons. The smallest absolute Gasteiger partial charge is 0.219 e. The van der Waals surface area contributed by atoms with E-state index >= 15 is 0 Å². The minimum atomic E-state index is -0.327. The molecule has 0 bridgehead atoms. The lowest BCUT2D eigenvalue weighted by Gasteiger charge is -2.31. The molecule has 0 aliphatic carbocycles. The van der Waals surface area contributed by atoms with E-state index in [1.165, 1.54) is 23.5 Å². The van der Waals surface area contributed by atoms with Gasteiger partial charge in [-0.15, -0.1) is 11.3 Å². The maximum absolute atomic E-state index is 13.7. The minimum Gasteiger partial charge on any atom is -0.485 e. The minimum absolute atomic E-state index is 0.0219. The van der Waals surface area contributed by atoms with E-state index in [1.807, 2.05) is 16.3 Å². The van der Waals surface area contributed by atoms with E-state index in [4.69, 9.17) is 19.4 Å². The molecule has 1 fully saturated rings. The van der Waals surface area contributed by atoms with Gasteiger partial charge in [0.05, 0.1) is 10.6 Å². The standard InChI is InChI=1S/C23H23FN4O3S/c1-14(29)28-7-3-4-15(12-28)23-26-18(22-21-19(13-32-22)30-8-9-31-21)11-20(27-23)25-17-6-2-5-16(24)10-17/h2,5-6,10-11,13,15H,3-4,7-9,12H2,1H3,(H,25,26,27). The van der Waals surface area contributed by atoms with Crippen molar-refractivity contribution in [1.29, 1.82) is 0 Å². The molecule has 1 amide bonds. The predicted octanol–water partition coefficient (Wildman–Crippen LogP) is 4.58. The third-order valence-corrected chi connectivity index (χ3v) is 6.57. The molecule has 32 heavy (non-hydrogen) atoms. The second-order valence-electron chi connectivity index (χ2n) is 7.89. The largest absolute Gasteiger partial charge is 0.485 e. The van der Waals surface area contributed by atoms with Crippen LogP contribution in [0.2, 0.25) is 0 Å². The van der Waals surface area contributed by atoms with Crippen molar-refractivity contribution in [2.75, 3.05) is 31.6 Å². The number of piperidine rings is 1.